The van der Waals surface area contributed by atoms with Gasteiger partial charge in [0.2, 0.25) is 5.76 Å². The summed E-state index contributed by atoms with van der Waals surface area (Å²) in [6.45, 7) is 4.95. The molecule has 0 spiro atoms. The number of hydrogen-bond acceptors (Lipinski definition) is 5. The summed E-state index contributed by atoms with van der Waals surface area (Å²) in [6.07, 6.45) is 5.26. The van der Waals surface area contributed by atoms with Crippen molar-refractivity contribution in [2.24, 2.45) is 0 Å². The third-order valence-electron chi connectivity index (χ3n) is 4.71. The van der Waals surface area contributed by atoms with Crippen LogP contribution in [0.25, 0.3) is 11.5 Å². The summed E-state index contributed by atoms with van der Waals surface area (Å²) in [7, 11) is 0. The van der Waals surface area contributed by atoms with Gasteiger partial charge in [0.25, 0.3) is 5.91 Å². The number of oxazole rings is 1. The van der Waals surface area contributed by atoms with E-state index < -0.39 is 0 Å². The van der Waals surface area contributed by atoms with Gasteiger partial charge in [-0.25, -0.2) is 4.98 Å². The second-order valence-electron chi connectivity index (χ2n) is 6.10. The molecule has 0 aliphatic carbocycles. The van der Waals surface area contributed by atoms with Gasteiger partial charge in [-0.05, 0) is 38.4 Å². The number of carbonyl (C=O) groups is 1. The Labute approximate surface area is 128 Å². The molecule has 22 heavy (non-hydrogen) atoms. The van der Waals surface area contributed by atoms with Crippen LogP contribution >= 0.6 is 0 Å². The lowest BCUT2D eigenvalue weighted by Gasteiger charge is -2.42. The van der Waals surface area contributed by atoms with Crippen LogP contribution < -0.4 is 0 Å². The SMILES string of the molecule is CC1CN2CCCC2CN1C(=O)c1ncoc1-c1ccco1. The molecule has 0 radical (unpaired) electrons. The van der Waals surface area contributed by atoms with Gasteiger partial charge in [-0.2, -0.15) is 0 Å². The number of fused-ring (bicyclic) bond motifs is 1. The Hall–Kier alpha value is -2.08. The van der Waals surface area contributed by atoms with E-state index in [2.05, 4.69) is 16.8 Å². The fraction of sp³-hybridized carbons (Fsp3) is 0.500. The van der Waals surface area contributed by atoms with E-state index in [4.69, 9.17) is 8.83 Å². The molecule has 2 fully saturated rings. The number of nitrogens with zero attached hydrogens (tertiary/aromatic N) is 3. The molecule has 2 unspecified atom stereocenters. The Balaban J connectivity index is 1.61. The van der Waals surface area contributed by atoms with E-state index in [1.807, 2.05) is 4.90 Å². The number of piperazine rings is 1. The van der Waals surface area contributed by atoms with Crippen molar-refractivity contribution in [3.05, 3.63) is 30.5 Å². The van der Waals surface area contributed by atoms with Crippen LogP contribution in [-0.4, -0.2) is 52.4 Å². The average Bonchev–Trinajstić information content (AvgIpc) is 3.25. The molecule has 2 aromatic heterocycles. The topological polar surface area (TPSA) is 62.7 Å². The summed E-state index contributed by atoms with van der Waals surface area (Å²) in [5, 5.41) is 0. The molecule has 1 amide bonds. The van der Waals surface area contributed by atoms with Gasteiger partial charge < -0.3 is 13.7 Å². The number of furan rings is 1. The summed E-state index contributed by atoms with van der Waals surface area (Å²) in [5.74, 6) is 0.878. The van der Waals surface area contributed by atoms with Crippen LogP contribution in [0.15, 0.2) is 33.6 Å². The van der Waals surface area contributed by atoms with Crippen LogP contribution in [0.3, 0.4) is 0 Å². The Morgan fingerprint density at radius 3 is 3.09 bits per heavy atom. The van der Waals surface area contributed by atoms with E-state index in [9.17, 15) is 4.79 Å². The predicted octanol–water partition coefficient (Wildman–Crippen LogP) is 2.24. The van der Waals surface area contributed by atoms with Crippen LogP contribution in [0.1, 0.15) is 30.3 Å². The fourth-order valence-electron chi connectivity index (χ4n) is 3.59. The molecule has 0 saturated carbocycles. The van der Waals surface area contributed by atoms with E-state index in [-0.39, 0.29) is 11.9 Å². The van der Waals surface area contributed by atoms with Gasteiger partial charge in [0.15, 0.2) is 17.8 Å². The molecule has 2 saturated heterocycles. The molecule has 0 N–H and O–H groups in total. The molecule has 2 aliphatic heterocycles. The lowest BCUT2D eigenvalue weighted by molar-refractivity contribution is 0.0391. The van der Waals surface area contributed by atoms with Crippen LogP contribution in [0.4, 0.5) is 0 Å². The monoisotopic (exact) mass is 301 g/mol. The fourth-order valence-corrected chi connectivity index (χ4v) is 3.59. The highest BCUT2D eigenvalue weighted by molar-refractivity contribution is 5.97. The zero-order chi connectivity index (χ0) is 15.1. The molecular weight excluding hydrogens is 282 g/mol. The zero-order valence-electron chi connectivity index (χ0n) is 12.6. The first-order valence-corrected chi connectivity index (χ1v) is 7.76. The molecule has 6 heteroatoms. The van der Waals surface area contributed by atoms with Crippen molar-refractivity contribution in [3.8, 4) is 11.5 Å². The summed E-state index contributed by atoms with van der Waals surface area (Å²) in [5.41, 5.74) is 0.341. The molecule has 6 nitrogen and oxygen atoms in total. The lowest BCUT2D eigenvalue weighted by atomic mass is 10.1. The minimum Gasteiger partial charge on any atom is -0.461 e. The number of hydrogen-bond donors (Lipinski definition) is 0. The van der Waals surface area contributed by atoms with Crippen LogP contribution in [0, 0.1) is 0 Å². The van der Waals surface area contributed by atoms with E-state index in [0.29, 0.717) is 23.3 Å². The second-order valence-corrected chi connectivity index (χ2v) is 6.10. The third kappa shape index (κ3) is 2.14. The van der Waals surface area contributed by atoms with E-state index >= 15 is 0 Å². The molecule has 0 bridgehead atoms. The summed E-state index contributed by atoms with van der Waals surface area (Å²) >= 11 is 0. The number of aromatic nitrogens is 1. The van der Waals surface area contributed by atoms with E-state index in [0.717, 1.165) is 19.6 Å². The largest absolute Gasteiger partial charge is 0.461 e. The van der Waals surface area contributed by atoms with Gasteiger partial charge in [0, 0.05) is 25.2 Å². The first kappa shape index (κ1) is 13.6. The van der Waals surface area contributed by atoms with Gasteiger partial charge in [0.1, 0.15) is 0 Å². The average molecular weight is 301 g/mol. The Morgan fingerprint density at radius 1 is 1.36 bits per heavy atom. The van der Waals surface area contributed by atoms with Crippen molar-refractivity contribution >= 4 is 5.91 Å². The van der Waals surface area contributed by atoms with E-state index in [1.165, 1.54) is 19.2 Å². The van der Waals surface area contributed by atoms with Crippen molar-refractivity contribution < 1.29 is 13.6 Å². The van der Waals surface area contributed by atoms with Gasteiger partial charge in [-0.3, -0.25) is 9.69 Å². The van der Waals surface area contributed by atoms with Crippen LogP contribution in [0.5, 0.6) is 0 Å². The summed E-state index contributed by atoms with van der Waals surface area (Å²) < 4.78 is 10.7. The lowest BCUT2D eigenvalue weighted by Crippen LogP contribution is -2.56. The number of amides is 1. The molecule has 4 rings (SSSR count). The first-order chi connectivity index (χ1) is 10.7. The number of rotatable bonds is 2. The Bertz CT molecular complexity index is 664. The second kappa shape index (κ2) is 5.28. The normalized spacial score (nSPS) is 25.4. The molecule has 2 aliphatic rings. The first-order valence-electron chi connectivity index (χ1n) is 7.76. The zero-order valence-corrected chi connectivity index (χ0v) is 12.6. The maximum absolute atomic E-state index is 12.9. The van der Waals surface area contributed by atoms with E-state index in [1.54, 1.807) is 18.4 Å². The molecule has 116 valence electrons. The molecular formula is C16H19N3O3. The minimum absolute atomic E-state index is 0.0702. The molecule has 0 aromatic carbocycles. The Morgan fingerprint density at radius 2 is 2.27 bits per heavy atom. The van der Waals surface area contributed by atoms with Crippen molar-refractivity contribution in [3.63, 3.8) is 0 Å². The highest BCUT2D eigenvalue weighted by atomic mass is 16.4. The van der Waals surface area contributed by atoms with Crippen molar-refractivity contribution in [2.45, 2.75) is 31.8 Å². The highest BCUT2D eigenvalue weighted by Crippen LogP contribution is 2.29. The maximum Gasteiger partial charge on any atom is 0.276 e. The Kier molecular flexibility index (Phi) is 3.26. The van der Waals surface area contributed by atoms with Gasteiger partial charge in [-0.15, -0.1) is 0 Å². The summed E-state index contributed by atoms with van der Waals surface area (Å²) in [6, 6.07) is 4.21. The number of carbonyl (C=O) groups excluding carboxylic acids is 1. The van der Waals surface area contributed by atoms with Crippen LogP contribution in [0.2, 0.25) is 0 Å². The quantitative estimate of drug-likeness (QED) is 0.851. The maximum atomic E-state index is 12.9. The van der Waals surface area contributed by atoms with Gasteiger partial charge in [0.05, 0.1) is 6.26 Å². The smallest absolute Gasteiger partial charge is 0.276 e. The highest BCUT2D eigenvalue weighted by Gasteiger charge is 2.38. The molecule has 4 heterocycles. The standard InChI is InChI=1S/C16H19N3O3/c1-11-8-18-6-2-4-12(18)9-19(11)16(20)14-15(22-10-17-14)13-5-3-7-21-13/h3,5,7,10-12H,2,4,6,8-9H2,1H3. The van der Waals surface area contributed by atoms with Crippen LogP contribution in [-0.2, 0) is 0 Å². The summed E-state index contributed by atoms with van der Waals surface area (Å²) in [4.78, 5) is 21.5. The van der Waals surface area contributed by atoms with Gasteiger partial charge >= 0.3 is 0 Å². The van der Waals surface area contributed by atoms with Crippen molar-refractivity contribution in [2.75, 3.05) is 19.6 Å². The third-order valence-corrected chi connectivity index (χ3v) is 4.71. The minimum atomic E-state index is -0.0702. The molecule has 2 aromatic rings. The predicted molar refractivity (Wildman–Crippen MR) is 79.3 cm³/mol. The van der Waals surface area contributed by atoms with Gasteiger partial charge in [-0.1, -0.05) is 0 Å². The molecule has 2 atom stereocenters. The van der Waals surface area contributed by atoms with Crippen molar-refractivity contribution in [1.82, 2.24) is 14.8 Å². The van der Waals surface area contributed by atoms with Crippen molar-refractivity contribution in [1.29, 1.82) is 0 Å².